The van der Waals surface area contributed by atoms with Crippen LogP contribution in [0.5, 0.6) is 0 Å². The molecule has 0 saturated carbocycles. The molecule has 0 fully saturated rings. The first-order chi connectivity index (χ1) is 7.45. The molecular formula is C11H19N3OS. The lowest BCUT2D eigenvalue weighted by Crippen LogP contribution is -2.34. The van der Waals surface area contributed by atoms with Crippen molar-refractivity contribution in [1.82, 2.24) is 4.98 Å². The summed E-state index contributed by atoms with van der Waals surface area (Å²) in [6.45, 7) is 7.72. The molecule has 0 spiro atoms. The van der Waals surface area contributed by atoms with Crippen LogP contribution in [0.3, 0.4) is 0 Å². The second-order valence-electron chi connectivity index (χ2n) is 4.01. The molecule has 4 nitrogen and oxygen atoms in total. The van der Waals surface area contributed by atoms with Crippen molar-refractivity contribution in [1.29, 1.82) is 0 Å². The van der Waals surface area contributed by atoms with Gasteiger partial charge in [0, 0.05) is 10.9 Å². The van der Waals surface area contributed by atoms with Gasteiger partial charge in [-0.25, -0.2) is 4.98 Å². The molecular weight excluding hydrogens is 222 g/mol. The number of hydrogen-bond donors (Lipinski definition) is 2. The summed E-state index contributed by atoms with van der Waals surface area (Å²) in [4.78, 5) is 17.3. The molecule has 1 aromatic rings. The first-order valence-electron chi connectivity index (χ1n) is 5.48. The Hall–Kier alpha value is -0.940. The van der Waals surface area contributed by atoms with Crippen LogP contribution in [-0.4, -0.2) is 16.9 Å². The Balaban J connectivity index is 2.70. The van der Waals surface area contributed by atoms with Gasteiger partial charge in [-0.1, -0.05) is 13.8 Å². The molecule has 2 unspecified atom stereocenters. The van der Waals surface area contributed by atoms with Crippen LogP contribution in [0.4, 0.5) is 5.13 Å². The summed E-state index contributed by atoms with van der Waals surface area (Å²) < 4.78 is 0. The molecule has 2 atom stereocenters. The highest BCUT2D eigenvalue weighted by atomic mass is 32.1. The molecule has 16 heavy (non-hydrogen) atoms. The second-order valence-corrected chi connectivity index (χ2v) is 5.22. The Morgan fingerprint density at radius 1 is 1.56 bits per heavy atom. The highest BCUT2D eigenvalue weighted by Gasteiger charge is 2.18. The van der Waals surface area contributed by atoms with Crippen LogP contribution in [0.25, 0.3) is 0 Å². The summed E-state index contributed by atoms with van der Waals surface area (Å²) >= 11 is 1.51. The predicted molar refractivity (Wildman–Crippen MR) is 67.7 cm³/mol. The number of amides is 1. The third-order valence-corrected chi connectivity index (χ3v) is 3.59. The van der Waals surface area contributed by atoms with Gasteiger partial charge in [0.2, 0.25) is 5.91 Å². The fourth-order valence-electron chi connectivity index (χ4n) is 1.27. The van der Waals surface area contributed by atoms with Crippen molar-refractivity contribution in [2.45, 2.75) is 40.2 Å². The second kappa shape index (κ2) is 5.41. The first kappa shape index (κ1) is 13.1. The molecule has 0 aromatic carbocycles. The molecule has 0 radical (unpaired) electrons. The van der Waals surface area contributed by atoms with Gasteiger partial charge in [0.15, 0.2) is 5.13 Å². The summed E-state index contributed by atoms with van der Waals surface area (Å²) in [6.07, 6.45) is 0.890. The number of aromatic nitrogens is 1. The van der Waals surface area contributed by atoms with Gasteiger partial charge >= 0.3 is 0 Å². The van der Waals surface area contributed by atoms with Crippen molar-refractivity contribution in [2.75, 3.05) is 5.32 Å². The van der Waals surface area contributed by atoms with Crippen molar-refractivity contribution in [3.8, 4) is 0 Å². The van der Waals surface area contributed by atoms with E-state index in [1.807, 2.05) is 20.8 Å². The van der Waals surface area contributed by atoms with Crippen molar-refractivity contribution in [2.24, 2.45) is 11.7 Å². The molecule has 90 valence electrons. The number of thiazole rings is 1. The van der Waals surface area contributed by atoms with E-state index in [9.17, 15) is 4.79 Å². The average molecular weight is 241 g/mol. The van der Waals surface area contributed by atoms with E-state index in [-0.39, 0.29) is 17.9 Å². The van der Waals surface area contributed by atoms with E-state index in [2.05, 4.69) is 17.2 Å². The van der Waals surface area contributed by atoms with Crippen molar-refractivity contribution in [3.05, 3.63) is 10.6 Å². The molecule has 3 N–H and O–H groups in total. The van der Waals surface area contributed by atoms with Gasteiger partial charge in [-0.05, 0) is 20.3 Å². The van der Waals surface area contributed by atoms with Crippen LogP contribution in [0.15, 0.2) is 0 Å². The number of nitrogens with zero attached hydrogens (tertiary/aromatic N) is 1. The lowest BCUT2D eigenvalue weighted by Gasteiger charge is -2.13. The number of carbonyl (C=O) groups is 1. The van der Waals surface area contributed by atoms with Crippen molar-refractivity contribution < 1.29 is 4.79 Å². The fourth-order valence-corrected chi connectivity index (χ4v) is 2.17. The lowest BCUT2D eigenvalue weighted by atomic mass is 10.0. The molecule has 1 rings (SSSR count). The van der Waals surface area contributed by atoms with E-state index in [1.165, 1.54) is 11.3 Å². The van der Waals surface area contributed by atoms with Crippen LogP contribution in [-0.2, 0) is 11.2 Å². The number of anilines is 1. The third-order valence-electron chi connectivity index (χ3n) is 2.66. The summed E-state index contributed by atoms with van der Waals surface area (Å²) in [5.74, 6) is -0.263. The predicted octanol–water partition coefficient (Wildman–Crippen LogP) is 1.94. The number of aryl methyl sites for hydroxylation is 2. The zero-order valence-electron chi connectivity index (χ0n) is 10.2. The Morgan fingerprint density at radius 3 is 2.62 bits per heavy atom. The highest BCUT2D eigenvalue weighted by Crippen LogP contribution is 2.22. The minimum atomic E-state index is -0.200. The summed E-state index contributed by atoms with van der Waals surface area (Å²) in [7, 11) is 0. The lowest BCUT2D eigenvalue weighted by molar-refractivity contribution is -0.119. The molecule has 0 bridgehead atoms. The standard InChI is InChI=1S/C11H19N3OS/c1-5-9-8(4)16-11(13-9)14-10(15)6(2)7(3)12/h6-7H,5,12H2,1-4H3,(H,13,14,15). The van der Waals surface area contributed by atoms with Crippen LogP contribution in [0.2, 0.25) is 0 Å². The van der Waals surface area contributed by atoms with E-state index < -0.39 is 0 Å². The zero-order valence-corrected chi connectivity index (χ0v) is 11.0. The van der Waals surface area contributed by atoms with Crippen LogP contribution in [0, 0.1) is 12.8 Å². The van der Waals surface area contributed by atoms with Crippen LogP contribution in [0.1, 0.15) is 31.3 Å². The molecule has 0 aliphatic carbocycles. The molecule has 1 amide bonds. The summed E-state index contributed by atoms with van der Waals surface area (Å²) in [5.41, 5.74) is 6.72. The molecule has 1 heterocycles. The van der Waals surface area contributed by atoms with E-state index >= 15 is 0 Å². The minimum Gasteiger partial charge on any atom is -0.327 e. The maximum atomic E-state index is 11.7. The van der Waals surface area contributed by atoms with E-state index in [0.29, 0.717) is 5.13 Å². The van der Waals surface area contributed by atoms with E-state index in [1.54, 1.807) is 0 Å². The summed E-state index contributed by atoms with van der Waals surface area (Å²) in [6, 6.07) is -0.147. The SMILES string of the molecule is CCc1nc(NC(=O)C(C)C(C)N)sc1C. The van der Waals surface area contributed by atoms with Gasteiger partial charge in [0.25, 0.3) is 0 Å². The number of nitrogens with two attached hydrogens (primary N) is 1. The van der Waals surface area contributed by atoms with Gasteiger partial charge in [0.1, 0.15) is 0 Å². The number of carbonyl (C=O) groups excluding carboxylic acids is 1. The molecule has 0 saturated heterocycles. The fraction of sp³-hybridized carbons (Fsp3) is 0.636. The topological polar surface area (TPSA) is 68.0 Å². The van der Waals surface area contributed by atoms with Crippen LogP contribution >= 0.6 is 11.3 Å². The smallest absolute Gasteiger partial charge is 0.230 e. The van der Waals surface area contributed by atoms with Gasteiger partial charge in [-0.3, -0.25) is 4.79 Å². The minimum absolute atomic E-state index is 0.0635. The van der Waals surface area contributed by atoms with Gasteiger partial charge in [0.05, 0.1) is 11.6 Å². The Morgan fingerprint density at radius 2 is 2.19 bits per heavy atom. The first-order valence-corrected chi connectivity index (χ1v) is 6.30. The maximum absolute atomic E-state index is 11.7. The van der Waals surface area contributed by atoms with Crippen LogP contribution < -0.4 is 11.1 Å². The largest absolute Gasteiger partial charge is 0.327 e. The molecule has 0 aliphatic rings. The third kappa shape index (κ3) is 3.02. The Labute approximate surface area is 100 Å². The quantitative estimate of drug-likeness (QED) is 0.846. The van der Waals surface area contributed by atoms with Gasteiger partial charge in [-0.15, -0.1) is 11.3 Å². The zero-order chi connectivity index (χ0) is 12.3. The van der Waals surface area contributed by atoms with Crippen molar-refractivity contribution in [3.63, 3.8) is 0 Å². The van der Waals surface area contributed by atoms with Gasteiger partial charge < -0.3 is 11.1 Å². The maximum Gasteiger partial charge on any atom is 0.230 e. The number of hydrogen-bond acceptors (Lipinski definition) is 4. The molecule has 0 aliphatic heterocycles. The Kier molecular flexibility index (Phi) is 4.44. The number of nitrogens with one attached hydrogen (secondary N) is 1. The summed E-state index contributed by atoms with van der Waals surface area (Å²) in [5, 5.41) is 3.48. The highest BCUT2D eigenvalue weighted by molar-refractivity contribution is 7.15. The van der Waals surface area contributed by atoms with Gasteiger partial charge in [-0.2, -0.15) is 0 Å². The molecule has 5 heteroatoms. The Bertz CT molecular complexity index is 373. The van der Waals surface area contributed by atoms with E-state index in [0.717, 1.165) is 17.0 Å². The molecule has 1 aromatic heterocycles. The number of rotatable bonds is 4. The van der Waals surface area contributed by atoms with Crippen molar-refractivity contribution >= 4 is 22.4 Å². The monoisotopic (exact) mass is 241 g/mol. The normalized spacial score (nSPS) is 14.6. The average Bonchev–Trinajstić information content (AvgIpc) is 2.57. The van der Waals surface area contributed by atoms with E-state index in [4.69, 9.17) is 5.73 Å².